The standard InChI is InChI=1S/C30H24ClN3O6S/c1-39-29(37)19-6-10-22(11-7-19)32-27(35)18-33-17-20(24-4-2-3-5-25(24)33)16-26-28(36)34(30(38)41-26)14-15-40-23-12-8-21(31)9-13-23/h2-13,16-17H,14-15,18H2,1H3,(H,32,35)/b26-16-. The van der Waals surface area contributed by atoms with Gasteiger partial charge >= 0.3 is 5.97 Å². The predicted octanol–water partition coefficient (Wildman–Crippen LogP) is 5.84. The third-order valence-electron chi connectivity index (χ3n) is 6.28. The van der Waals surface area contributed by atoms with Crippen LogP contribution in [-0.2, 0) is 20.9 Å². The molecule has 3 amide bonds. The van der Waals surface area contributed by atoms with Gasteiger partial charge in [-0.1, -0.05) is 29.8 Å². The first kappa shape index (κ1) is 28.0. The number of nitrogens with one attached hydrogen (secondary N) is 1. The van der Waals surface area contributed by atoms with Crippen molar-refractivity contribution in [3.63, 3.8) is 0 Å². The summed E-state index contributed by atoms with van der Waals surface area (Å²) in [7, 11) is 1.30. The molecule has 0 spiro atoms. The fourth-order valence-electron chi connectivity index (χ4n) is 4.30. The normalized spacial score (nSPS) is 14.1. The molecule has 0 aliphatic carbocycles. The van der Waals surface area contributed by atoms with E-state index in [9.17, 15) is 19.2 Å². The van der Waals surface area contributed by atoms with Gasteiger partial charge in [0.1, 0.15) is 18.9 Å². The highest BCUT2D eigenvalue weighted by atomic mass is 35.5. The Hall–Kier alpha value is -4.54. The van der Waals surface area contributed by atoms with E-state index in [1.54, 1.807) is 65.4 Å². The molecule has 1 N–H and O–H groups in total. The lowest BCUT2D eigenvalue weighted by Crippen LogP contribution is -2.32. The number of carbonyl (C=O) groups excluding carboxylic acids is 4. The zero-order valence-electron chi connectivity index (χ0n) is 21.8. The molecule has 41 heavy (non-hydrogen) atoms. The molecule has 1 aliphatic rings. The van der Waals surface area contributed by atoms with Crippen molar-refractivity contribution in [2.75, 3.05) is 25.6 Å². The number of hydrogen-bond donors (Lipinski definition) is 1. The topological polar surface area (TPSA) is 107 Å². The van der Waals surface area contributed by atoms with E-state index >= 15 is 0 Å². The average molecular weight is 590 g/mol. The van der Waals surface area contributed by atoms with Gasteiger partial charge in [-0.05, 0) is 72.4 Å². The maximum Gasteiger partial charge on any atom is 0.337 e. The van der Waals surface area contributed by atoms with Crippen molar-refractivity contribution in [2.24, 2.45) is 0 Å². The van der Waals surface area contributed by atoms with Gasteiger partial charge in [0, 0.05) is 33.4 Å². The van der Waals surface area contributed by atoms with Crippen molar-refractivity contribution in [2.45, 2.75) is 6.54 Å². The van der Waals surface area contributed by atoms with E-state index in [1.165, 1.54) is 7.11 Å². The van der Waals surface area contributed by atoms with Gasteiger partial charge in [0.05, 0.1) is 24.1 Å². The molecule has 0 unspecified atom stereocenters. The fourth-order valence-corrected chi connectivity index (χ4v) is 5.29. The molecule has 1 aromatic heterocycles. The smallest absolute Gasteiger partial charge is 0.337 e. The third-order valence-corrected chi connectivity index (χ3v) is 7.44. The molecule has 5 rings (SSSR count). The Balaban J connectivity index is 1.28. The van der Waals surface area contributed by atoms with E-state index in [-0.39, 0.29) is 30.8 Å². The Morgan fingerprint density at radius 2 is 1.73 bits per heavy atom. The van der Waals surface area contributed by atoms with Crippen molar-refractivity contribution >= 4 is 69.1 Å². The van der Waals surface area contributed by atoms with Gasteiger partial charge in [0.2, 0.25) is 5.91 Å². The number of carbonyl (C=O) groups is 4. The summed E-state index contributed by atoms with van der Waals surface area (Å²) in [5.41, 5.74) is 2.42. The SMILES string of the molecule is COC(=O)c1ccc(NC(=O)Cn2cc(/C=C3\SC(=O)N(CCOc4ccc(Cl)cc4)C3=O)c3ccccc32)cc1. The van der Waals surface area contributed by atoms with E-state index in [0.29, 0.717) is 32.5 Å². The molecule has 11 heteroatoms. The van der Waals surface area contributed by atoms with Crippen LogP contribution in [0.2, 0.25) is 5.02 Å². The monoisotopic (exact) mass is 589 g/mol. The van der Waals surface area contributed by atoms with Crippen LogP contribution in [0.5, 0.6) is 5.75 Å². The highest BCUT2D eigenvalue weighted by molar-refractivity contribution is 8.18. The fraction of sp³-hybridized carbons (Fsp3) is 0.133. The highest BCUT2D eigenvalue weighted by Gasteiger charge is 2.35. The minimum atomic E-state index is -0.460. The van der Waals surface area contributed by atoms with Crippen LogP contribution >= 0.6 is 23.4 Å². The first-order valence-electron chi connectivity index (χ1n) is 12.5. The van der Waals surface area contributed by atoms with Gasteiger partial charge in [0.15, 0.2) is 0 Å². The van der Waals surface area contributed by atoms with E-state index in [1.807, 2.05) is 24.3 Å². The van der Waals surface area contributed by atoms with Crippen molar-refractivity contribution in [3.05, 3.63) is 100 Å². The van der Waals surface area contributed by atoms with Crippen molar-refractivity contribution < 1.29 is 28.7 Å². The number of fused-ring (bicyclic) bond motifs is 1. The lowest BCUT2D eigenvalue weighted by molar-refractivity contribution is -0.123. The largest absolute Gasteiger partial charge is 0.492 e. The number of para-hydroxylation sites is 1. The molecule has 9 nitrogen and oxygen atoms in total. The van der Waals surface area contributed by atoms with E-state index in [0.717, 1.165) is 27.6 Å². The number of hydrogen-bond acceptors (Lipinski definition) is 7. The van der Waals surface area contributed by atoms with Crippen molar-refractivity contribution in [3.8, 4) is 5.75 Å². The van der Waals surface area contributed by atoms with E-state index < -0.39 is 11.9 Å². The lowest BCUT2D eigenvalue weighted by atomic mass is 10.1. The Morgan fingerprint density at radius 1 is 1.00 bits per heavy atom. The molecule has 0 atom stereocenters. The number of anilines is 1. The summed E-state index contributed by atoms with van der Waals surface area (Å²) in [6.07, 6.45) is 3.45. The number of halogens is 1. The molecule has 0 saturated carbocycles. The molecular weight excluding hydrogens is 566 g/mol. The number of imide groups is 1. The average Bonchev–Trinajstić information content (AvgIpc) is 3.45. The van der Waals surface area contributed by atoms with Crippen LogP contribution in [0.1, 0.15) is 15.9 Å². The zero-order valence-corrected chi connectivity index (χ0v) is 23.4. The number of rotatable bonds is 9. The zero-order chi connectivity index (χ0) is 28.9. The first-order valence-corrected chi connectivity index (χ1v) is 13.7. The molecular formula is C30H24ClN3O6S. The highest BCUT2D eigenvalue weighted by Crippen LogP contribution is 2.34. The Bertz CT molecular complexity index is 1660. The molecule has 1 aliphatic heterocycles. The third kappa shape index (κ3) is 6.45. The first-order chi connectivity index (χ1) is 19.8. The second kappa shape index (κ2) is 12.3. The Kier molecular flexibility index (Phi) is 8.42. The van der Waals surface area contributed by atoms with E-state index in [2.05, 4.69) is 5.32 Å². The number of aromatic nitrogens is 1. The maximum atomic E-state index is 13.1. The number of methoxy groups -OCH3 is 1. The number of nitrogens with zero attached hydrogens (tertiary/aromatic N) is 2. The van der Waals surface area contributed by atoms with Crippen LogP contribution in [-0.4, -0.2) is 52.8 Å². The summed E-state index contributed by atoms with van der Waals surface area (Å²) in [6.45, 7) is 0.260. The number of esters is 1. The minimum Gasteiger partial charge on any atom is -0.492 e. The Labute approximate surface area is 244 Å². The molecule has 3 aromatic carbocycles. The van der Waals surface area contributed by atoms with Gasteiger partial charge in [-0.25, -0.2) is 4.79 Å². The van der Waals surface area contributed by atoms with Crippen LogP contribution in [0, 0.1) is 0 Å². The summed E-state index contributed by atoms with van der Waals surface area (Å²) < 4.78 is 12.1. The van der Waals surface area contributed by atoms with Gasteiger partial charge in [-0.2, -0.15) is 0 Å². The van der Waals surface area contributed by atoms with Crippen LogP contribution in [0.25, 0.3) is 17.0 Å². The van der Waals surface area contributed by atoms with E-state index in [4.69, 9.17) is 21.1 Å². The summed E-state index contributed by atoms with van der Waals surface area (Å²) >= 11 is 6.75. The van der Waals surface area contributed by atoms with Gasteiger partial charge in [-0.3, -0.25) is 19.3 Å². The second-order valence-electron chi connectivity index (χ2n) is 8.98. The number of thioether (sulfide) groups is 1. The summed E-state index contributed by atoms with van der Waals surface area (Å²) in [4.78, 5) is 51.6. The molecule has 4 aromatic rings. The van der Waals surface area contributed by atoms with Crippen molar-refractivity contribution in [1.82, 2.24) is 9.47 Å². The summed E-state index contributed by atoms with van der Waals surface area (Å²) in [5.74, 6) is -0.542. The number of ether oxygens (including phenoxy) is 2. The molecule has 2 heterocycles. The van der Waals surface area contributed by atoms with Crippen LogP contribution < -0.4 is 10.1 Å². The van der Waals surface area contributed by atoms with Crippen LogP contribution in [0.15, 0.2) is 83.9 Å². The second-order valence-corrected chi connectivity index (χ2v) is 10.4. The van der Waals surface area contributed by atoms with Crippen LogP contribution in [0.4, 0.5) is 10.5 Å². The van der Waals surface area contributed by atoms with Gasteiger partial charge in [0.25, 0.3) is 11.1 Å². The maximum absolute atomic E-state index is 13.1. The Morgan fingerprint density at radius 3 is 2.46 bits per heavy atom. The molecule has 0 radical (unpaired) electrons. The number of benzene rings is 3. The van der Waals surface area contributed by atoms with Gasteiger partial charge in [-0.15, -0.1) is 0 Å². The quantitative estimate of drug-likeness (QED) is 0.193. The van der Waals surface area contributed by atoms with Crippen molar-refractivity contribution in [1.29, 1.82) is 0 Å². The minimum absolute atomic E-state index is 0.0105. The summed E-state index contributed by atoms with van der Waals surface area (Å²) in [5, 5.41) is 3.87. The molecule has 1 saturated heterocycles. The molecule has 208 valence electrons. The molecule has 1 fully saturated rings. The molecule has 0 bridgehead atoms. The lowest BCUT2D eigenvalue weighted by Gasteiger charge is -2.13. The number of amides is 3. The van der Waals surface area contributed by atoms with Crippen LogP contribution in [0.3, 0.4) is 0 Å². The summed E-state index contributed by atoms with van der Waals surface area (Å²) in [6, 6.07) is 20.7. The van der Waals surface area contributed by atoms with Gasteiger partial charge < -0.3 is 19.4 Å². The predicted molar refractivity (Wildman–Crippen MR) is 158 cm³/mol.